The first-order valence-corrected chi connectivity index (χ1v) is 4.63. The number of hydrogen-bond donors (Lipinski definition) is 1. The lowest BCUT2D eigenvalue weighted by Crippen LogP contribution is -2.34. The molecule has 1 rings (SSSR count). The average molecular weight is 169 g/mol. The van der Waals surface area contributed by atoms with Crippen LogP contribution in [0.1, 0.15) is 26.7 Å². The van der Waals surface area contributed by atoms with Crippen LogP contribution in [0.4, 0.5) is 0 Å². The zero-order valence-corrected chi connectivity index (χ0v) is 8.05. The monoisotopic (exact) mass is 169 g/mol. The molecule has 0 saturated carbocycles. The molecule has 0 aromatic heterocycles. The van der Waals surface area contributed by atoms with E-state index >= 15 is 0 Å². The summed E-state index contributed by atoms with van der Waals surface area (Å²) in [6.07, 6.45) is 2.37. The maximum absolute atomic E-state index is 6.03. The first-order valence-electron chi connectivity index (χ1n) is 4.63. The fourth-order valence-corrected chi connectivity index (χ4v) is 1.86. The molecule has 2 N–H and O–H groups in total. The molecule has 0 bridgehead atoms. The van der Waals surface area contributed by atoms with E-state index in [0.29, 0.717) is 12.0 Å². The van der Waals surface area contributed by atoms with Gasteiger partial charge in [-0.2, -0.15) is 0 Å². The topological polar surface area (TPSA) is 35.2 Å². The summed E-state index contributed by atoms with van der Waals surface area (Å²) < 4.78 is 5.46. The third kappa shape index (κ3) is 2.32. The van der Waals surface area contributed by atoms with Crippen molar-refractivity contribution in [2.75, 3.05) is 6.61 Å². The quantitative estimate of drug-likeness (QED) is 0.653. The SMILES string of the molecule is C=C(C)CC(N)C1CCOC1C. The van der Waals surface area contributed by atoms with Gasteiger partial charge in [0.2, 0.25) is 0 Å². The summed E-state index contributed by atoms with van der Waals surface area (Å²) in [5.41, 5.74) is 7.20. The van der Waals surface area contributed by atoms with Gasteiger partial charge in [0.1, 0.15) is 0 Å². The lowest BCUT2D eigenvalue weighted by Gasteiger charge is -2.21. The van der Waals surface area contributed by atoms with E-state index in [4.69, 9.17) is 10.5 Å². The van der Waals surface area contributed by atoms with Crippen molar-refractivity contribution in [2.45, 2.75) is 38.8 Å². The summed E-state index contributed by atoms with van der Waals surface area (Å²) in [5, 5.41) is 0. The summed E-state index contributed by atoms with van der Waals surface area (Å²) in [5.74, 6) is 0.529. The lowest BCUT2D eigenvalue weighted by atomic mass is 9.90. The standard InChI is InChI=1S/C10H19NO/c1-7(2)6-10(11)9-4-5-12-8(9)3/h8-10H,1,4-6,11H2,2-3H3. The smallest absolute Gasteiger partial charge is 0.0590 e. The fourth-order valence-electron chi connectivity index (χ4n) is 1.86. The fraction of sp³-hybridized carbons (Fsp3) is 0.800. The van der Waals surface area contributed by atoms with Crippen LogP contribution in [-0.2, 0) is 4.74 Å². The van der Waals surface area contributed by atoms with Crippen molar-refractivity contribution < 1.29 is 4.74 Å². The van der Waals surface area contributed by atoms with Gasteiger partial charge in [-0.25, -0.2) is 0 Å². The molecule has 1 saturated heterocycles. The van der Waals surface area contributed by atoms with Crippen molar-refractivity contribution in [3.8, 4) is 0 Å². The van der Waals surface area contributed by atoms with Gasteiger partial charge < -0.3 is 10.5 Å². The summed E-state index contributed by atoms with van der Waals surface area (Å²) >= 11 is 0. The summed E-state index contributed by atoms with van der Waals surface area (Å²) in [7, 11) is 0. The Morgan fingerprint density at radius 1 is 1.75 bits per heavy atom. The van der Waals surface area contributed by atoms with Gasteiger partial charge in [-0.1, -0.05) is 5.57 Å². The van der Waals surface area contributed by atoms with Gasteiger partial charge in [-0.3, -0.25) is 0 Å². The molecule has 70 valence electrons. The summed E-state index contributed by atoms with van der Waals surface area (Å²) in [4.78, 5) is 0. The normalized spacial score (nSPS) is 31.9. The Kier molecular flexibility index (Phi) is 3.29. The molecular weight excluding hydrogens is 150 g/mol. The minimum Gasteiger partial charge on any atom is -0.378 e. The number of ether oxygens (including phenoxy) is 1. The first-order chi connectivity index (χ1) is 5.61. The van der Waals surface area contributed by atoms with Crippen LogP contribution in [0.25, 0.3) is 0 Å². The van der Waals surface area contributed by atoms with Crippen molar-refractivity contribution in [2.24, 2.45) is 11.7 Å². The molecular formula is C10H19NO. The van der Waals surface area contributed by atoms with Crippen LogP contribution in [0.15, 0.2) is 12.2 Å². The molecule has 2 nitrogen and oxygen atoms in total. The Labute approximate surface area is 74.8 Å². The van der Waals surface area contributed by atoms with Crippen molar-refractivity contribution in [3.05, 3.63) is 12.2 Å². The highest BCUT2D eigenvalue weighted by Crippen LogP contribution is 2.25. The van der Waals surface area contributed by atoms with Crippen molar-refractivity contribution in [3.63, 3.8) is 0 Å². The summed E-state index contributed by atoms with van der Waals surface area (Å²) in [6.45, 7) is 8.88. The van der Waals surface area contributed by atoms with E-state index in [1.165, 1.54) is 5.57 Å². The average Bonchev–Trinajstić information content (AvgIpc) is 2.33. The highest BCUT2D eigenvalue weighted by molar-refractivity contribution is 4.95. The number of rotatable bonds is 3. The second-order valence-corrected chi connectivity index (χ2v) is 3.85. The third-order valence-corrected chi connectivity index (χ3v) is 2.57. The van der Waals surface area contributed by atoms with Crippen molar-refractivity contribution >= 4 is 0 Å². The maximum atomic E-state index is 6.03. The molecule has 0 spiro atoms. The van der Waals surface area contributed by atoms with E-state index in [-0.39, 0.29) is 6.04 Å². The Bertz CT molecular complexity index is 167. The van der Waals surface area contributed by atoms with Gasteiger partial charge in [-0.05, 0) is 26.7 Å². The van der Waals surface area contributed by atoms with Crippen LogP contribution < -0.4 is 5.73 Å². The van der Waals surface area contributed by atoms with Crippen molar-refractivity contribution in [1.29, 1.82) is 0 Å². The van der Waals surface area contributed by atoms with E-state index in [0.717, 1.165) is 19.4 Å². The molecule has 1 heterocycles. The lowest BCUT2D eigenvalue weighted by molar-refractivity contribution is 0.0995. The van der Waals surface area contributed by atoms with Gasteiger partial charge in [0.15, 0.2) is 0 Å². The predicted octanol–water partition coefficient (Wildman–Crippen LogP) is 1.70. The van der Waals surface area contributed by atoms with Gasteiger partial charge in [-0.15, -0.1) is 6.58 Å². The maximum Gasteiger partial charge on any atom is 0.0590 e. The highest BCUT2D eigenvalue weighted by atomic mass is 16.5. The predicted molar refractivity (Wildman–Crippen MR) is 50.9 cm³/mol. The second-order valence-electron chi connectivity index (χ2n) is 3.85. The van der Waals surface area contributed by atoms with Crippen LogP contribution in [0.3, 0.4) is 0 Å². The molecule has 12 heavy (non-hydrogen) atoms. The Morgan fingerprint density at radius 2 is 2.42 bits per heavy atom. The molecule has 1 aliphatic heterocycles. The summed E-state index contributed by atoms with van der Waals surface area (Å²) in [6, 6.07) is 0.236. The molecule has 0 aromatic rings. The number of hydrogen-bond acceptors (Lipinski definition) is 2. The zero-order valence-electron chi connectivity index (χ0n) is 8.05. The van der Waals surface area contributed by atoms with E-state index in [1.807, 2.05) is 6.92 Å². The van der Waals surface area contributed by atoms with Gasteiger partial charge in [0.25, 0.3) is 0 Å². The molecule has 0 radical (unpaired) electrons. The van der Waals surface area contributed by atoms with Crippen LogP contribution in [0, 0.1) is 5.92 Å². The molecule has 1 fully saturated rings. The number of nitrogens with two attached hydrogens (primary N) is 1. The van der Waals surface area contributed by atoms with Gasteiger partial charge >= 0.3 is 0 Å². The minimum absolute atomic E-state index is 0.236. The Hall–Kier alpha value is -0.340. The molecule has 3 atom stereocenters. The Morgan fingerprint density at radius 3 is 2.83 bits per heavy atom. The van der Waals surface area contributed by atoms with Crippen LogP contribution >= 0.6 is 0 Å². The van der Waals surface area contributed by atoms with E-state index in [2.05, 4.69) is 13.5 Å². The highest BCUT2D eigenvalue weighted by Gasteiger charge is 2.29. The van der Waals surface area contributed by atoms with Gasteiger partial charge in [0.05, 0.1) is 6.10 Å². The molecule has 0 aliphatic carbocycles. The van der Waals surface area contributed by atoms with E-state index in [9.17, 15) is 0 Å². The molecule has 3 unspecified atom stereocenters. The van der Waals surface area contributed by atoms with Gasteiger partial charge in [0, 0.05) is 18.6 Å². The zero-order chi connectivity index (χ0) is 9.14. The van der Waals surface area contributed by atoms with Crippen LogP contribution in [0.5, 0.6) is 0 Å². The van der Waals surface area contributed by atoms with E-state index in [1.54, 1.807) is 0 Å². The largest absolute Gasteiger partial charge is 0.378 e. The molecule has 0 aromatic carbocycles. The van der Waals surface area contributed by atoms with E-state index < -0.39 is 0 Å². The molecule has 2 heteroatoms. The van der Waals surface area contributed by atoms with Crippen LogP contribution in [-0.4, -0.2) is 18.8 Å². The second kappa shape index (κ2) is 4.06. The Balaban J connectivity index is 2.40. The van der Waals surface area contributed by atoms with Crippen molar-refractivity contribution in [1.82, 2.24) is 0 Å². The van der Waals surface area contributed by atoms with Crippen LogP contribution in [0.2, 0.25) is 0 Å². The third-order valence-electron chi connectivity index (χ3n) is 2.57. The minimum atomic E-state index is 0.236. The molecule has 1 aliphatic rings. The molecule has 0 amide bonds. The first kappa shape index (κ1) is 9.75.